The van der Waals surface area contributed by atoms with Crippen molar-refractivity contribution in [1.29, 1.82) is 0 Å². The summed E-state index contributed by atoms with van der Waals surface area (Å²) in [6.45, 7) is 3.89. The van der Waals surface area contributed by atoms with E-state index in [1.807, 2.05) is 44.2 Å². The van der Waals surface area contributed by atoms with Gasteiger partial charge in [-0.15, -0.1) is 0 Å². The lowest BCUT2D eigenvalue weighted by Gasteiger charge is -2.09. The Bertz CT molecular complexity index is 1220. The minimum Gasteiger partial charge on any atom is -0.325 e. The number of para-hydroxylation sites is 1. The molecule has 0 aliphatic carbocycles. The van der Waals surface area contributed by atoms with E-state index in [-0.39, 0.29) is 18.0 Å². The first-order chi connectivity index (χ1) is 13.5. The first-order valence-electron chi connectivity index (χ1n) is 8.88. The van der Waals surface area contributed by atoms with Gasteiger partial charge in [-0.05, 0) is 37.6 Å². The van der Waals surface area contributed by atoms with Crippen molar-refractivity contribution in [2.45, 2.75) is 20.4 Å². The van der Waals surface area contributed by atoms with Crippen LogP contribution in [0, 0.1) is 13.8 Å². The number of fused-ring (bicyclic) bond motifs is 1. The summed E-state index contributed by atoms with van der Waals surface area (Å²) in [6.07, 6.45) is 2.88. The molecule has 0 atom stereocenters. The number of hydrogen-bond donors (Lipinski definition) is 1. The fourth-order valence-electron chi connectivity index (χ4n) is 3.16. The molecular weight excluding hydrogens is 354 g/mol. The van der Waals surface area contributed by atoms with Crippen LogP contribution in [0.3, 0.4) is 0 Å². The quantitative estimate of drug-likeness (QED) is 0.596. The van der Waals surface area contributed by atoms with E-state index in [2.05, 4.69) is 21.5 Å². The molecule has 1 N–H and O–H groups in total. The molecule has 0 saturated heterocycles. The highest BCUT2D eigenvalue weighted by Crippen LogP contribution is 2.18. The lowest BCUT2D eigenvalue weighted by atomic mass is 10.1. The van der Waals surface area contributed by atoms with E-state index in [0.717, 1.165) is 16.8 Å². The van der Waals surface area contributed by atoms with Crippen molar-refractivity contribution in [2.75, 3.05) is 5.32 Å². The van der Waals surface area contributed by atoms with Crippen molar-refractivity contribution in [3.8, 4) is 5.69 Å². The smallest absolute Gasteiger partial charge is 0.264 e. The van der Waals surface area contributed by atoms with E-state index in [0.29, 0.717) is 16.7 Å². The van der Waals surface area contributed by atoms with Crippen LogP contribution in [0.25, 0.3) is 16.7 Å². The van der Waals surface area contributed by atoms with E-state index < -0.39 is 0 Å². The van der Waals surface area contributed by atoms with Gasteiger partial charge in [0.05, 0.1) is 11.9 Å². The van der Waals surface area contributed by atoms with Crippen LogP contribution in [-0.4, -0.2) is 25.2 Å². The van der Waals surface area contributed by atoms with Gasteiger partial charge in [0.25, 0.3) is 5.56 Å². The van der Waals surface area contributed by atoms with Crippen LogP contribution in [0.15, 0.2) is 65.8 Å². The maximum atomic E-state index is 12.8. The Balaban J connectivity index is 1.65. The number of aromatic nitrogens is 4. The summed E-state index contributed by atoms with van der Waals surface area (Å²) in [6, 6.07) is 15.1. The van der Waals surface area contributed by atoms with E-state index in [1.54, 1.807) is 16.8 Å². The number of rotatable bonds is 4. The van der Waals surface area contributed by atoms with Crippen molar-refractivity contribution in [1.82, 2.24) is 19.3 Å². The predicted octanol–water partition coefficient (Wildman–Crippen LogP) is 2.84. The number of carbonyl (C=O) groups excluding carboxylic acids is 1. The molecule has 0 saturated carbocycles. The Hall–Kier alpha value is -3.74. The Morgan fingerprint density at radius 3 is 2.64 bits per heavy atom. The molecule has 0 aliphatic heterocycles. The van der Waals surface area contributed by atoms with Gasteiger partial charge in [0, 0.05) is 5.69 Å². The van der Waals surface area contributed by atoms with Crippen LogP contribution in [0.5, 0.6) is 0 Å². The van der Waals surface area contributed by atoms with Crippen LogP contribution >= 0.6 is 0 Å². The normalized spacial score (nSPS) is 10.9. The van der Waals surface area contributed by atoms with E-state index in [9.17, 15) is 9.59 Å². The molecule has 0 spiro atoms. The average molecular weight is 373 g/mol. The maximum Gasteiger partial charge on any atom is 0.264 e. The first-order valence-corrected chi connectivity index (χ1v) is 8.88. The molecule has 2 aromatic carbocycles. The van der Waals surface area contributed by atoms with Gasteiger partial charge in [-0.25, -0.2) is 9.67 Å². The summed E-state index contributed by atoms with van der Waals surface area (Å²) in [4.78, 5) is 29.4. The van der Waals surface area contributed by atoms with Gasteiger partial charge in [-0.1, -0.05) is 35.9 Å². The first kappa shape index (κ1) is 17.7. The zero-order valence-electron chi connectivity index (χ0n) is 15.6. The second-order valence-electron chi connectivity index (χ2n) is 6.68. The molecule has 2 aromatic heterocycles. The van der Waals surface area contributed by atoms with Crippen LogP contribution < -0.4 is 10.9 Å². The van der Waals surface area contributed by atoms with Crippen molar-refractivity contribution >= 4 is 22.6 Å². The Morgan fingerprint density at radius 2 is 1.89 bits per heavy atom. The highest BCUT2D eigenvalue weighted by atomic mass is 16.2. The number of hydrogen-bond acceptors (Lipinski definition) is 4. The molecule has 7 nitrogen and oxygen atoms in total. The van der Waals surface area contributed by atoms with Crippen molar-refractivity contribution in [3.05, 3.63) is 82.5 Å². The molecule has 0 fully saturated rings. The molecule has 2 heterocycles. The van der Waals surface area contributed by atoms with Gasteiger partial charge in [0.2, 0.25) is 5.91 Å². The van der Waals surface area contributed by atoms with Crippen molar-refractivity contribution in [2.24, 2.45) is 0 Å². The van der Waals surface area contributed by atoms with E-state index in [4.69, 9.17) is 0 Å². The highest BCUT2D eigenvalue weighted by molar-refractivity contribution is 5.90. The SMILES string of the molecule is Cc1ccc(-n2ncc3c(=O)n(CC(=O)Nc4ccccc4)cnc32)c(C)c1. The number of anilines is 1. The standard InChI is InChI=1S/C21H19N5O2/c1-14-8-9-18(15(2)10-14)26-20-17(11-23-26)21(28)25(13-22-20)12-19(27)24-16-6-4-3-5-7-16/h3-11,13H,12H2,1-2H3,(H,24,27). The number of nitrogens with one attached hydrogen (secondary N) is 1. The van der Waals surface area contributed by atoms with Crippen LogP contribution in [0.1, 0.15) is 11.1 Å². The second kappa shape index (κ2) is 7.11. The lowest BCUT2D eigenvalue weighted by Crippen LogP contribution is -2.27. The van der Waals surface area contributed by atoms with Crippen molar-refractivity contribution < 1.29 is 4.79 Å². The summed E-state index contributed by atoms with van der Waals surface area (Å²) >= 11 is 0. The molecule has 0 aliphatic rings. The number of amides is 1. The van der Waals surface area contributed by atoms with Gasteiger partial charge in [-0.3, -0.25) is 14.2 Å². The topological polar surface area (TPSA) is 81.8 Å². The van der Waals surface area contributed by atoms with Crippen LogP contribution in [-0.2, 0) is 11.3 Å². The zero-order chi connectivity index (χ0) is 19.7. The van der Waals surface area contributed by atoms with Gasteiger partial charge in [0.15, 0.2) is 5.65 Å². The molecular formula is C21H19N5O2. The molecule has 1 amide bonds. The van der Waals surface area contributed by atoms with Crippen LogP contribution in [0.2, 0.25) is 0 Å². The molecule has 28 heavy (non-hydrogen) atoms. The van der Waals surface area contributed by atoms with Gasteiger partial charge in [-0.2, -0.15) is 5.10 Å². The molecule has 0 bridgehead atoms. The lowest BCUT2D eigenvalue weighted by molar-refractivity contribution is -0.116. The molecule has 4 aromatic rings. The molecule has 140 valence electrons. The zero-order valence-corrected chi connectivity index (χ0v) is 15.6. The van der Waals surface area contributed by atoms with Gasteiger partial charge < -0.3 is 5.32 Å². The summed E-state index contributed by atoms with van der Waals surface area (Å²) in [5.74, 6) is -0.295. The fraction of sp³-hybridized carbons (Fsp3) is 0.143. The monoisotopic (exact) mass is 373 g/mol. The fourth-order valence-corrected chi connectivity index (χ4v) is 3.16. The van der Waals surface area contributed by atoms with Crippen molar-refractivity contribution in [3.63, 3.8) is 0 Å². The minimum absolute atomic E-state index is 0.120. The number of nitrogens with zero attached hydrogens (tertiary/aromatic N) is 4. The largest absolute Gasteiger partial charge is 0.325 e. The third kappa shape index (κ3) is 3.29. The third-order valence-electron chi connectivity index (χ3n) is 4.51. The average Bonchev–Trinajstić information content (AvgIpc) is 3.09. The summed E-state index contributed by atoms with van der Waals surface area (Å²) in [5, 5.41) is 7.48. The third-order valence-corrected chi connectivity index (χ3v) is 4.51. The number of benzene rings is 2. The molecule has 7 heteroatoms. The van der Waals surface area contributed by atoms with Gasteiger partial charge in [0.1, 0.15) is 18.3 Å². The highest BCUT2D eigenvalue weighted by Gasteiger charge is 2.14. The number of aryl methyl sites for hydroxylation is 2. The predicted molar refractivity (Wildman–Crippen MR) is 108 cm³/mol. The Morgan fingerprint density at radius 1 is 1.11 bits per heavy atom. The molecule has 4 rings (SSSR count). The van der Waals surface area contributed by atoms with Crippen LogP contribution in [0.4, 0.5) is 5.69 Å². The second-order valence-corrected chi connectivity index (χ2v) is 6.68. The molecule has 0 unspecified atom stereocenters. The van der Waals surface area contributed by atoms with E-state index >= 15 is 0 Å². The maximum absolute atomic E-state index is 12.8. The Kier molecular flexibility index (Phi) is 4.49. The summed E-state index contributed by atoms with van der Waals surface area (Å²) in [5.41, 5.74) is 3.90. The molecule has 0 radical (unpaired) electrons. The Labute approximate surface area is 161 Å². The summed E-state index contributed by atoms with van der Waals surface area (Å²) in [7, 11) is 0. The number of carbonyl (C=O) groups is 1. The summed E-state index contributed by atoms with van der Waals surface area (Å²) < 4.78 is 2.94. The minimum atomic E-state index is -0.302. The van der Waals surface area contributed by atoms with Gasteiger partial charge >= 0.3 is 0 Å². The van der Waals surface area contributed by atoms with E-state index in [1.165, 1.54) is 17.1 Å².